The summed E-state index contributed by atoms with van der Waals surface area (Å²) >= 11 is 0. The van der Waals surface area contributed by atoms with E-state index in [9.17, 15) is 140 Å². The molecule has 0 aromatic heterocycles. The molecule has 0 aliphatic rings. The summed E-state index contributed by atoms with van der Waals surface area (Å²) in [4.78, 5) is 0. The first kappa shape index (κ1) is 50.6. The summed E-state index contributed by atoms with van der Waals surface area (Å²) in [6.45, 7) is -3.59. The van der Waals surface area contributed by atoms with Crippen molar-refractivity contribution in [3.05, 3.63) is 0 Å². The lowest BCUT2D eigenvalue weighted by Gasteiger charge is -2.44. The van der Waals surface area contributed by atoms with Crippen LogP contribution in [0.25, 0.3) is 0 Å². The van der Waals surface area contributed by atoms with Gasteiger partial charge in [-0.05, 0) is 0 Å². The predicted molar refractivity (Wildman–Crippen MR) is 90.5 cm³/mol. The highest BCUT2D eigenvalue weighted by Crippen LogP contribution is 2.66. The molecule has 0 aromatic carbocycles. The Hall–Kier alpha value is -2.40. The second kappa shape index (κ2) is 13.1. The fraction of sp³-hybridized carbons (Fsp3) is 1.00. The first-order valence-electron chi connectivity index (χ1n) is 11.0. The standard InChI is InChI=1S/C17H4F32O4/c18-1-3(19,20)51-14(42,43)16(46,47)53-17(48,49)15(44,45)52-5(23,24)2(50)4(21,22)6(25,26)7(27,28)8(29,30)9(31,32)10(33,34)11(35,36)12(37,38)13(39,40)41/h2,50H,1H2/t2-/m1/s1. The number of alkyl halides is 32. The molecule has 53 heavy (non-hydrogen) atoms. The van der Waals surface area contributed by atoms with Gasteiger partial charge in [-0.15, -0.1) is 0 Å². The largest absolute Gasteiger partial charge is 0.460 e. The Labute approximate surface area is 264 Å². The second-order valence-corrected chi connectivity index (χ2v) is 9.25. The smallest absolute Gasteiger partial charge is 0.379 e. The van der Waals surface area contributed by atoms with Crippen molar-refractivity contribution in [3.8, 4) is 0 Å². The average molecular weight is 880 g/mol. The third-order valence-electron chi connectivity index (χ3n) is 5.43. The van der Waals surface area contributed by atoms with Gasteiger partial charge >= 0.3 is 90.2 Å². The van der Waals surface area contributed by atoms with Crippen LogP contribution in [-0.4, -0.2) is 108 Å². The monoisotopic (exact) mass is 880 g/mol. The number of aliphatic hydroxyl groups is 1. The van der Waals surface area contributed by atoms with Crippen molar-refractivity contribution in [2.75, 3.05) is 6.67 Å². The lowest BCUT2D eigenvalue weighted by molar-refractivity contribution is -0.562. The Bertz CT molecular complexity index is 1280. The van der Waals surface area contributed by atoms with Crippen LogP contribution in [0.3, 0.4) is 0 Å². The van der Waals surface area contributed by atoms with Gasteiger partial charge in [0.2, 0.25) is 6.10 Å². The van der Waals surface area contributed by atoms with Crippen molar-refractivity contribution in [1.29, 1.82) is 0 Å². The Morgan fingerprint density at radius 2 is 0.585 bits per heavy atom. The van der Waals surface area contributed by atoms with E-state index in [1.165, 1.54) is 4.74 Å². The van der Waals surface area contributed by atoms with E-state index >= 15 is 0 Å². The van der Waals surface area contributed by atoms with Crippen LogP contribution in [0.15, 0.2) is 0 Å². The van der Waals surface area contributed by atoms with Crippen molar-refractivity contribution in [1.82, 2.24) is 0 Å². The highest BCUT2D eigenvalue weighted by atomic mass is 19.4. The molecule has 0 spiro atoms. The zero-order valence-corrected chi connectivity index (χ0v) is 22.6. The van der Waals surface area contributed by atoms with Gasteiger partial charge in [-0.3, -0.25) is 0 Å². The van der Waals surface area contributed by atoms with Crippen LogP contribution in [0.2, 0.25) is 0 Å². The molecular formula is C17H4F32O4. The van der Waals surface area contributed by atoms with Crippen molar-refractivity contribution in [3.63, 3.8) is 0 Å². The lowest BCUT2D eigenvalue weighted by atomic mass is 9.86. The molecule has 0 amide bonds. The molecule has 0 radical (unpaired) electrons. The first-order chi connectivity index (χ1) is 22.3. The zero-order chi connectivity index (χ0) is 43.9. The van der Waals surface area contributed by atoms with Gasteiger partial charge in [0.1, 0.15) is 0 Å². The fourth-order valence-electron chi connectivity index (χ4n) is 2.60. The molecule has 0 saturated carbocycles. The van der Waals surface area contributed by atoms with Gasteiger partial charge in [0.15, 0.2) is 6.67 Å². The molecule has 0 aliphatic carbocycles. The molecule has 0 bridgehead atoms. The predicted octanol–water partition coefficient (Wildman–Crippen LogP) is 9.57. The molecule has 1 N–H and O–H groups in total. The Balaban J connectivity index is 6.99. The normalized spacial score (nSPS) is 17.4. The van der Waals surface area contributed by atoms with Gasteiger partial charge < -0.3 is 5.11 Å². The van der Waals surface area contributed by atoms with Crippen LogP contribution < -0.4 is 0 Å². The summed E-state index contributed by atoms with van der Waals surface area (Å²) in [5.74, 6) is -75.0. The van der Waals surface area contributed by atoms with E-state index in [0.717, 1.165) is 4.74 Å². The molecule has 0 unspecified atom stereocenters. The molecule has 0 aliphatic heterocycles. The van der Waals surface area contributed by atoms with Crippen molar-refractivity contribution in [2.24, 2.45) is 0 Å². The van der Waals surface area contributed by atoms with Crippen LogP contribution in [0, 0.1) is 0 Å². The number of halogens is 32. The number of hydrogen-bond donors (Lipinski definition) is 1. The summed E-state index contributed by atoms with van der Waals surface area (Å²) in [6.07, 6.45) is -61.8. The zero-order valence-electron chi connectivity index (χ0n) is 22.6. The van der Waals surface area contributed by atoms with Gasteiger partial charge in [0, 0.05) is 0 Å². The molecule has 1 atom stereocenters. The molecule has 4 nitrogen and oxygen atoms in total. The molecule has 0 rings (SSSR count). The van der Waals surface area contributed by atoms with Gasteiger partial charge in [-0.25, -0.2) is 18.6 Å². The molecule has 0 heterocycles. The van der Waals surface area contributed by atoms with Gasteiger partial charge in [-0.2, -0.15) is 136 Å². The van der Waals surface area contributed by atoms with E-state index in [1.54, 1.807) is 4.74 Å². The molecule has 320 valence electrons. The molecule has 0 fully saturated rings. The summed E-state index contributed by atoms with van der Waals surface area (Å²) in [7, 11) is 0. The van der Waals surface area contributed by atoms with Crippen LogP contribution >= 0.6 is 0 Å². The summed E-state index contributed by atoms with van der Waals surface area (Å²) in [5, 5.41) is 8.51. The molecule has 0 aromatic rings. The van der Waals surface area contributed by atoms with Crippen molar-refractivity contribution in [2.45, 2.75) is 96.3 Å². The maximum Gasteiger partial charge on any atom is 0.460 e. The highest BCUT2D eigenvalue weighted by molar-refractivity contribution is 5.17. The summed E-state index contributed by atoms with van der Waals surface area (Å²) in [5.41, 5.74) is 0. The Kier molecular flexibility index (Phi) is 12.5. The SMILES string of the molecule is O[C@@H](C(F)(F)OC(F)(F)C(F)(F)OC(F)(F)C(F)(F)OC(F)(F)CF)C(F)(F)C(F)(F)C(F)(F)C(F)(F)C(F)(F)C(F)(F)C(F)(F)C(F)(F)C(F)(F)F. The lowest BCUT2D eigenvalue weighted by Crippen LogP contribution is -2.77. The van der Waals surface area contributed by atoms with Crippen molar-refractivity contribution >= 4 is 0 Å². The van der Waals surface area contributed by atoms with Crippen LogP contribution in [0.1, 0.15) is 0 Å². The molecule has 36 heteroatoms. The second-order valence-electron chi connectivity index (χ2n) is 9.25. The minimum absolute atomic E-state index is 1.13. The Morgan fingerprint density at radius 1 is 0.340 bits per heavy atom. The molecule has 0 saturated heterocycles. The van der Waals surface area contributed by atoms with Crippen molar-refractivity contribution < 1.29 is 160 Å². The van der Waals surface area contributed by atoms with Crippen LogP contribution in [-0.2, 0) is 14.2 Å². The van der Waals surface area contributed by atoms with E-state index in [0.29, 0.717) is 0 Å². The summed E-state index contributed by atoms with van der Waals surface area (Å²) < 4.78 is 426. The molecular weight excluding hydrogens is 876 g/mol. The van der Waals surface area contributed by atoms with E-state index < -0.39 is 103 Å². The van der Waals surface area contributed by atoms with E-state index in [-0.39, 0.29) is 0 Å². The minimum atomic E-state index is -9.74. The Morgan fingerprint density at radius 3 is 0.868 bits per heavy atom. The average Bonchev–Trinajstić information content (AvgIpc) is 2.89. The number of rotatable bonds is 18. The van der Waals surface area contributed by atoms with Crippen LogP contribution in [0.4, 0.5) is 140 Å². The first-order valence-corrected chi connectivity index (χ1v) is 11.0. The van der Waals surface area contributed by atoms with E-state index in [2.05, 4.69) is 0 Å². The van der Waals surface area contributed by atoms with Gasteiger partial charge in [0.25, 0.3) is 0 Å². The fourth-order valence-corrected chi connectivity index (χ4v) is 2.60. The summed E-state index contributed by atoms with van der Waals surface area (Å²) in [6, 6.07) is 0. The van der Waals surface area contributed by atoms with E-state index in [4.69, 9.17) is 5.11 Å². The highest BCUT2D eigenvalue weighted by Gasteiger charge is 2.97. The maximum atomic E-state index is 13.8. The van der Waals surface area contributed by atoms with E-state index in [1.807, 2.05) is 0 Å². The minimum Gasteiger partial charge on any atom is -0.379 e. The maximum absolute atomic E-state index is 13.8. The third kappa shape index (κ3) is 7.73. The number of ether oxygens (including phenoxy) is 3. The third-order valence-corrected chi connectivity index (χ3v) is 5.43. The van der Waals surface area contributed by atoms with Gasteiger partial charge in [-0.1, -0.05) is 0 Å². The van der Waals surface area contributed by atoms with Gasteiger partial charge in [0.05, 0.1) is 0 Å². The quantitative estimate of drug-likeness (QED) is 0.140. The van der Waals surface area contributed by atoms with Crippen LogP contribution in [0.5, 0.6) is 0 Å². The topological polar surface area (TPSA) is 47.9 Å². The number of hydrogen-bond acceptors (Lipinski definition) is 4. The number of aliphatic hydroxyl groups excluding tert-OH is 1.